The van der Waals surface area contributed by atoms with E-state index in [0.29, 0.717) is 24.4 Å². The lowest BCUT2D eigenvalue weighted by molar-refractivity contribution is 0.0273. The Morgan fingerprint density at radius 1 is 1.30 bits per heavy atom. The largest absolute Gasteiger partial charge is 0.493 e. The number of nitrogens with two attached hydrogens (primary N) is 1. The molecule has 3 unspecified atom stereocenters. The van der Waals surface area contributed by atoms with E-state index in [1.807, 2.05) is 18.2 Å². The number of hydrogen-bond acceptors (Lipinski definition) is 3. The molecule has 0 amide bonds. The Labute approximate surface area is 155 Å². The SMILES string of the molecule is CC1COCCC1CN=C(N)NC1CCOc2ccccc21.I. The molecule has 0 spiro atoms. The van der Waals surface area contributed by atoms with Crippen molar-refractivity contribution in [1.29, 1.82) is 0 Å². The second-order valence-corrected chi connectivity index (χ2v) is 6.20. The quantitative estimate of drug-likeness (QED) is 0.439. The van der Waals surface area contributed by atoms with Crippen LogP contribution in [-0.2, 0) is 4.74 Å². The zero-order valence-electron chi connectivity index (χ0n) is 13.5. The Morgan fingerprint density at radius 2 is 2.13 bits per heavy atom. The van der Waals surface area contributed by atoms with Crippen LogP contribution in [0.5, 0.6) is 5.75 Å². The standard InChI is InChI=1S/C17H25N3O2.HI/c1-12-11-21-8-6-13(12)10-19-17(18)20-15-7-9-22-16-5-3-2-4-14(15)16;/h2-5,12-13,15H,6-11H2,1H3,(H3,18,19,20);1H. The summed E-state index contributed by atoms with van der Waals surface area (Å²) in [6.45, 7) is 5.37. The van der Waals surface area contributed by atoms with E-state index in [1.165, 1.54) is 0 Å². The summed E-state index contributed by atoms with van der Waals surface area (Å²) in [7, 11) is 0. The van der Waals surface area contributed by atoms with Gasteiger partial charge in [0, 0.05) is 31.7 Å². The maximum absolute atomic E-state index is 6.09. The highest BCUT2D eigenvalue weighted by atomic mass is 127. The van der Waals surface area contributed by atoms with Crippen LogP contribution in [0.1, 0.15) is 31.4 Å². The van der Waals surface area contributed by atoms with Crippen molar-refractivity contribution in [2.24, 2.45) is 22.6 Å². The second-order valence-electron chi connectivity index (χ2n) is 6.20. The molecule has 128 valence electrons. The summed E-state index contributed by atoms with van der Waals surface area (Å²) >= 11 is 0. The van der Waals surface area contributed by atoms with Crippen molar-refractivity contribution in [2.45, 2.75) is 25.8 Å². The first kappa shape index (κ1) is 18.3. The Kier molecular flexibility index (Phi) is 6.95. The van der Waals surface area contributed by atoms with Crippen LogP contribution < -0.4 is 15.8 Å². The second kappa shape index (κ2) is 8.73. The Bertz CT molecular complexity index is 538. The molecule has 3 N–H and O–H groups in total. The molecule has 0 aliphatic carbocycles. The molecule has 0 radical (unpaired) electrons. The lowest BCUT2D eigenvalue weighted by Gasteiger charge is -2.28. The average molecular weight is 431 g/mol. The van der Waals surface area contributed by atoms with E-state index < -0.39 is 0 Å². The molecule has 0 aromatic heterocycles. The van der Waals surface area contributed by atoms with Gasteiger partial charge >= 0.3 is 0 Å². The molecule has 1 saturated heterocycles. The molecule has 3 rings (SSSR count). The number of halogens is 1. The molecule has 5 nitrogen and oxygen atoms in total. The molecule has 0 saturated carbocycles. The lowest BCUT2D eigenvalue weighted by atomic mass is 9.90. The molecular weight excluding hydrogens is 405 g/mol. The Morgan fingerprint density at radius 3 is 2.96 bits per heavy atom. The lowest BCUT2D eigenvalue weighted by Crippen LogP contribution is -2.38. The van der Waals surface area contributed by atoms with Crippen LogP contribution in [0.3, 0.4) is 0 Å². The number of nitrogens with zero attached hydrogens (tertiary/aromatic N) is 1. The maximum Gasteiger partial charge on any atom is 0.189 e. The molecule has 1 aromatic rings. The molecule has 1 aromatic carbocycles. The van der Waals surface area contributed by atoms with E-state index in [9.17, 15) is 0 Å². The van der Waals surface area contributed by atoms with E-state index in [2.05, 4.69) is 23.3 Å². The third-order valence-corrected chi connectivity index (χ3v) is 4.60. The summed E-state index contributed by atoms with van der Waals surface area (Å²) in [5.74, 6) is 2.59. The van der Waals surface area contributed by atoms with Crippen molar-refractivity contribution in [1.82, 2.24) is 5.32 Å². The maximum atomic E-state index is 6.09. The zero-order valence-corrected chi connectivity index (χ0v) is 15.9. The molecule has 1 fully saturated rings. The normalized spacial score (nSPS) is 27.3. The summed E-state index contributed by atoms with van der Waals surface area (Å²) < 4.78 is 11.1. The number of benzene rings is 1. The molecule has 3 atom stereocenters. The van der Waals surface area contributed by atoms with Gasteiger partial charge in [-0.25, -0.2) is 0 Å². The molecule has 2 aliphatic rings. The van der Waals surface area contributed by atoms with E-state index >= 15 is 0 Å². The highest BCUT2D eigenvalue weighted by Crippen LogP contribution is 2.31. The fourth-order valence-electron chi connectivity index (χ4n) is 3.13. The van der Waals surface area contributed by atoms with Gasteiger partial charge in [-0.15, -0.1) is 24.0 Å². The average Bonchev–Trinajstić information content (AvgIpc) is 2.54. The van der Waals surface area contributed by atoms with Crippen LogP contribution in [-0.4, -0.2) is 32.3 Å². The molecule has 23 heavy (non-hydrogen) atoms. The van der Waals surface area contributed by atoms with Gasteiger partial charge in [0.15, 0.2) is 5.96 Å². The summed E-state index contributed by atoms with van der Waals surface area (Å²) in [6, 6.07) is 8.28. The van der Waals surface area contributed by atoms with E-state index in [0.717, 1.165) is 43.9 Å². The molecule has 2 heterocycles. The van der Waals surface area contributed by atoms with Crippen molar-refractivity contribution in [3.8, 4) is 5.75 Å². The monoisotopic (exact) mass is 431 g/mol. The number of nitrogens with one attached hydrogen (secondary N) is 1. The summed E-state index contributed by atoms with van der Waals surface area (Å²) in [6.07, 6.45) is 1.97. The highest BCUT2D eigenvalue weighted by Gasteiger charge is 2.23. The highest BCUT2D eigenvalue weighted by molar-refractivity contribution is 14.0. The summed E-state index contributed by atoms with van der Waals surface area (Å²) in [5.41, 5.74) is 7.25. The molecular formula is C17H26IN3O2. The first-order chi connectivity index (χ1) is 10.7. The topological polar surface area (TPSA) is 68.9 Å². The number of hydrogen-bond donors (Lipinski definition) is 2. The predicted molar refractivity (Wildman–Crippen MR) is 102 cm³/mol. The van der Waals surface area contributed by atoms with Gasteiger partial charge in [-0.2, -0.15) is 0 Å². The van der Waals surface area contributed by atoms with Crippen LogP contribution in [0.2, 0.25) is 0 Å². The van der Waals surface area contributed by atoms with E-state index in [4.69, 9.17) is 15.2 Å². The minimum atomic E-state index is 0. The third kappa shape index (κ3) is 4.73. The zero-order chi connectivity index (χ0) is 15.4. The molecule has 0 bridgehead atoms. The third-order valence-electron chi connectivity index (χ3n) is 4.60. The minimum Gasteiger partial charge on any atom is -0.493 e. The smallest absolute Gasteiger partial charge is 0.189 e. The Balaban J connectivity index is 0.00000192. The number of aliphatic imine (C=N–C) groups is 1. The van der Waals surface area contributed by atoms with Crippen molar-refractivity contribution in [3.63, 3.8) is 0 Å². The number of guanidine groups is 1. The fourth-order valence-corrected chi connectivity index (χ4v) is 3.13. The van der Waals surface area contributed by atoms with Gasteiger partial charge in [-0.05, 0) is 24.3 Å². The van der Waals surface area contributed by atoms with Gasteiger partial charge in [0.05, 0.1) is 12.6 Å². The fraction of sp³-hybridized carbons (Fsp3) is 0.588. The van der Waals surface area contributed by atoms with Gasteiger partial charge in [0.1, 0.15) is 5.75 Å². The van der Waals surface area contributed by atoms with Gasteiger partial charge in [-0.1, -0.05) is 25.1 Å². The summed E-state index contributed by atoms with van der Waals surface area (Å²) in [5, 5.41) is 3.35. The van der Waals surface area contributed by atoms with Gasteiger partial charge < -0.3 is 20.5 Å². The first-order valence-corrected chi connectivity index (χ1v) is 8.10. The van der Waals surface area contributed by atoms with E-state index in [1.54, 1.807) is 0 Å². The van der Waals surface area contributed by atoms with Crippen molar-refractivity contribution >= 4 is 29.9 Å². The van der Waals surface area contributed by atoms with Crippen LogP contribution in [0, 0.1) is 11.8 Å². The minimum absolute atomic E-state index is 0. The molecule has 6 heteroatoms. The Hall–Kier alpha value is -1.02. The van der Waals surface area contributed by atoms with Crippen LogP contribution in [0.15, 0.2) is 29.3 Å². The van der Waals surface area contributed by atoms with Crippen LogP contribution >= 0.6 is 24.0 Å². The van der Waals surface area contributed by atoms with Crippen LogP contribution in [0.4, 0.5) is 0 Å². The number of para-hydroxylation sites is 1. The van der Waals surface area contributed by atoms with Gasteiger partial charge in [0.25, 0.3) is 0 Å². The first-order valence-electron chi connectivity index (χ1n) is 8.10. The predicted octanol–water partition coefficient (Wildman–Crippen LogP) is 2.71. The number of fused-ring (bicyclic) bond motifs is 1. The number of rotatable bonds is 3. The van der Waals surface area contributed by atoms with E-state index in [-0.39, 0.29) is 30.0 Å². The van der Waals surface area contributed by atoms with Crippen LogP contribution in [0.25, 0.3) is 0 Å². The van der Waals surface area contributed by atoms with Gasteiger partial charge in [-0.3, -0.25) is 4.99 Å². The number of ether oxygens (including phenoxy) is 2. The summed E-state index contributed by atoms with van der Waals surface area (Å²) in [4.78, 5) is 4.55. The van der Waals surface area contributed by atoms with Crippen molar-refractivity contribution in [2.75, 3.05) is 26.4 Å². The molecule has 2 aliphatic heterocycles. The van der Waals surface area contributed by atoms with Crippen molar-refractivity contribution in [3.05, 3.63) is 29.8 Å². The van der Waals surface area contributed by atoms with Gasteiger partial charge in [0.2, 0.25) is 0 Å². The van der Waals surface area contributed by atoms with Crippen molar-refractivity contribution < 1.29 is 9.47 Å².